The highest BCUT2D eigenvalue weighted by molar-refractivity contribution is 5.18. The summed E-state index contributed by atoms with van der Waals surface area (Å²) in [5, 5.41) is 0. The van der Waals surface area contributed by atoms with Crippen LogP contribution in [0.2, 0.25) is 0 Å². The van der Waals surface area contributed by atoms with Crippen LogP contribution in [0.3, 0.4) is 0 Å². The SMILES string of the molecule is CC.CC.Cc1occc1C(C)C. The summed E-state index contributed by atoms with van der Waals surface area (Å²) in [5.41, 5.74) is 1.31. The Kier molecular flexibility index (Phi) is 10.7. The first-order chi connectivity index (χ1) is 6.22. The molecule has 0 amide bonds. The van der Waals surface area contributed by atoms with Crippen LogP contribution in [0.4, 0.5) is 0 Å². The van der Waals surface area contributed by atoms with E-state index in [4.69, 9.17) is 4.42 Å². The van der Waals surface area contributed by atoms with Gasteiger partial charge in [0.05, 0.1) is 6.26 Å². The highest BCUT2D eigenvalue weighted by Gasteiger charge is 2.03. The number of hydrogen-bond acceptors (Lipinski definition) is 1. The van der Waals surface area contributed by atoms with Crippen LogP contribution in [0.1, 0.15) is 58.8 Å². The molecule has 13 heavy (non-hydrogen) atoms. The van der Waals surface area contributed by atoms with E-state index in [1.807, 2.05) is 40.7 Å². The lowest BCUT2D eigenvalue weighted by atomic mass is 10.1. The standard InChI is InChI=1S/C8H12O.2C2H6/c1-6(2)8-4-5-9-7(8)3;2*1-2/h4-6H,1-3H3;2*1-2H3. The smallest absolute Gasteiger partial charge is 0.104 e. The predicted octanol–water partition coefficient (Wildman–Crippen LogP) is 4.76. The van der Waals surface area contributed by atoms with Gasteiger partial charge in [0.2, 0.25) is 0 Å². The molecule has 0 atom stereocenters. The summed E-state index contributed by atoms with van der Waals surface area (Å²) in [6.07, 6.45) is 1.74. The summed E-state index contributed by atoms with van der Waals surface area (Å²) in [6, 6.07) is 2.03. The monoisotopic (exact) mass is 184 g/mol. The maximum absolute atomic E-state index is 5.13. The molecular formula is C12H24O. The van der Waals surface area contributed by atoms with Gasteiger partial charge in [0.1, 0.15) is 5.76 Å². The van der Waals surface area contributed by atoms with E-state index in [0.29, 0.717) is 5.92 Å². The summed E-state index contributed by atoms with van der Waals surface area (Å²) in [4.78, 5) is 0. The molecular weight excluding hydrogens is 160 g/mol. The van der Waals surface area contributed by atoms with Crippen LogP contribution in [0.5, 0.6) is 0 Å². The minimum atomic E-state index is 0.587. The van der Waals surface area contributed by atoms with Crippen LogP contribution in [0, 0.1) is 6.92 Å². The summed E-state index contributed by atoms with van der Waals surface area (Å²) in [6.45, 7) is 14.3. The summed E-state index contributed by atoms with van der Waals surface area (Å²) >= 11 is 0. The maximum Gasteiger partial charge on any atom is 0.104 e. The van der Waals surface area contributed by atoms with Gasteiger partial charge in [-0.3, -0.25) is 0 Å². The van der Waals surface area contributed by atoms with Crippen molar-refractivity contribution in [2.75, 3.05) is 0 Å². The van der Waals surface area contributed by atoms with Crippen molar-refractivity contribution in [2.45, 2.75) is 54.4 Å². The lowest BCUT2D eigenvalue weighted by Gasteiger charge is -1.99. The van der Waals surface area contributed by atoms with Crippen LogP contribution in [0.25, 0.3) is 0 Å². The first-order valence-corrected chi connectivity index (χ1v) is 5.26. The zero-order chi connectivity index (χ0) is 10.9. The fourth-order valence-electron chi connectivity index (χ4n) is 0.994. The molecule has 0 bridgehead atoms. The van der Waals surface area contributed by atoms with E-state index in [9.17, 15) is 0 Å². The van der Waals surface area contributed by atoms with Crippen molar-refractivity contribution in [1.82, 2.24) is 0 Å². The van der Waals surface area contributed by atoms with Crippen LogP contribution in [-0.4, -0.2) is 0 Å². The zero-order valence-corrected chi connectivity index (χ0v) is 10.1. The quantitative estimate of drug-likeness (QED) is 0.613. The Bertz CT molecular complexity index is 187. The van der Waals surface area contributed by atoms with Gasteiger partial charge in [-0.25, -0.2) is 0 Å². The molecule has 1 heteroatoms. The minimum Gasteiger partial charge on any atom is -0.469 e. The topological polar surface area (TPSA) is 13.1 Å². The van der Waals surface area contributed by atoms with Gasteiger partial charge < -0.3 is 4.42 Å². The van der Waals surface area contributed by atoms with E-state index in [0.717, 1.165) is 5.76 Å². The molecule has 1 nitrogen and oxygen atoms in total. The molecule has 0 saturated carbocycles. The molecule has 0 spiro atoms. The fourth-order valence-corrected chi connectivity index (χ4v) is 0.994. The van der Waals surface area contributed by atoms with E-state index in [1.165, 1.54) is 5.56 Å². The highest BCUT2D eigenvalue weighted by atomic mass is 16.3. The Morgan fingerprint density at radius 1 is 1.08 bits per heavy atom. The van der Waals surface area contributed by atoms with Gasteiger partial charge in [-0.05, 0) is 24.5 Å². The Morgan fingerprint density at radius 2 is 1.54 bits per heavy atom. The molecule has 0 unspecified atom stereocenters. The second kappa shape index (κ2) is 9.37. The Balaban J connectivity index is 0. The Labute approximate surface area is 83.2 Å². The molecule has 1 rings (SSSR count). The second-order valence-corrected chi connectivity index (χ2v) is 2.59. The Hall–Kier alpha value is -0.720. The normalized spacial score (nSPS) is 8.31. The predicted molar refractivity (Wildman–Crippen MR) is 60.2 cm³/mol. The molecule has 0 N–H and O–H groups in total. The lowest BCUT2D eigenvalue weighted by Crippen LogP contribution is -1.84. The average molecular weight is 184 g/mol. The fraction of sp³-hybridized carbons (Fsp3) is 0.667. The summed E-state index contributed by atoms with van der Waals surface area (Å²) in [5.74, 6) is 1.63. The van der Waals surface area contributed by atoms with Crippen LogP contribution in [-0.2, 0) is 0 Å². The third kappa shape index (κ3) is 5.51. The van der Waals surface area contributed by atoms with Gasteiger partial charge in [-0.15, -0.1) is 0 Å². The van der Waals surface area contributed by atoms with Crippen LogP contribution >= 0.6 is 0 Å². The van der Waals surface area contributed by atoms with Gasteiger partial charge >= 0.3 is 0 Å². The molecule has 0 aliphatic heterocycles. The van der Waals surface area contributed by atoms with E-state index in [1.54, 1.807) is 6.26 Å². The largest absolute Gasteiger partial charge is 0.469 e. The number of rotatable bonds is 1. The number of furan rings is 1. The molecule has 0 radical (unpaired) electrons. The zero-order valence-electron chi connectivity index (χ0n) is 10.1. The molecule has 78 valence electrons. The van der Waals surface area contributed by atoms with Crippen molar-refractivity contribution in [3.63, 3.8) is 0 Å². The molecule has 1 aromatic rings. The molecule has 1 heterocycles. The third-order valence-corrected chi connectivity index (χ3v) is 1.52. The lowest BCUT2D eigenvalue weighted by molar-refractivity contribution is 0.527. The molecule has 0 saturated heterocycles. The second-order valence-electron chi connectivity index (χ2n) is 2.59. The van der Waals surface area contributed by atoms with Gasteiger partial charge in [0, 0.05) is 0 Å². The minimum absolute atomic E-state index is 0.587. The van der Waals surface area contributed by atoms with Gasteiger partial charge in [0.15, 0.2) is 0 Å². The van der Waals surface area contributed by atoms with Crippen molar-refractivity contribution in [3.05, 3.63) is 23.7 Å². The van der Waals surface area contributed by atoms with E-state index >= 15 is 0 Å². The van der Waals surface area contributed by atoms with Crippen molar-refractivity contribution in [1.29, 1.82) is 0 Å². The van der Waals surface area contributed by atoms with Gasteiger partial charge in [-0.1, -0.05) is 41.5 Å². The average Bonchev–Trinajstić information content (AvgIpc) is 2.58. The molecule has 0 fully saturated rings. The molecule has 0 aliphatic carbocycles. The van der Waals surface area contributed by atoms with Crippen LogP contribution in [0.15, 0.2) is 16.7 Å². The van der Waals surface area contributed by atoms with Crippen molar-refractivity contribution >= 4 is 0 Å². The van der Waals surface area contributed by atoms with Crippen LogP contribution < -0.4 is 0 Å². The maximum atomic E-state index is 5.13. The molecule has 1 aromatic heterocycles. The molecule has 0 aromatic carbocycles. The summed E-state index contributed by atoms with van der Waals surface area (Å²) in [7, 11) is 0. The van der Waals surface area contributed by atoms with Crippen molar-refractivity contribution in [3.8, 4) is 0 Å². The number of aryl methyl sites for hydroxylation is 1. The van der Waals surface area contributed by atoms with Crippen molar-refractivity contribution in [2.24, 2.45) is 0 Å². The highest BCUT2D eigenvalue weighted by Crippen LogP contribution is 2.18. The van der Waals surface area contributed by atoms with Crippen molar-refractivity contribution < 1.29 is 4.42 Å². The van der Waals surface area contributed by atoms with Gasteiger partial charge in [0.25, 0.3) is 0 Å². The van der Waals surface area contributed by atoms with E-state index in [2.05, 4.69) is 13.8 Å². The van der Waals surface area contributed by atoms with E-state index < -0.39 is 0 Å². The first-order valence-electron chi connectivity index (χ1n) is 5.26. The molecule has 0 aliphatic rings. The Morgan fingerprint density at radius 3 is 1.69 bits per heavy atom. The van der Waals surface area contributed by atoms with Gasteiger partial charge in [-0.2, -0.15) is 0 Å². The number of hydrogen-bond donors (Lipinski definition) is 0. The first kappa shape index (κ1) is 14.8. The third-order valence-electron chi connectivity index (χ3n) is 1.52. The summed E-state index contributed by atoms with van der Waals surface area (Å²) < 4.78 is 5.13. The van der Waals surface area contributed by atoms with E-state index in [-0.39, 0.29) is 0 Å².